The minimum absolute atomic E-state index is 0.495. The Hall–Kier alpha value is 0.700. The zero-order chi connectivity index (χ0) is 14.9. The van der Waals surface area contributed by atoms with E-state index >= 15 is 0 Å². The molecule has 8 aliphatic rings. The predicted octanol–water partition coefficient (Wildman–Crippen LogP) is 5.77. The molecule has 8 aliphatic carbocycles. The summed E-state index contributed by atoms with van der Waals surface area (Å²) in [6, 6.07) is 0. The van der Waals surface area contributed by atoms with E-state index in [0.717, 1.165) is 35.5 Å². The maximum Gasteiger partial charge on any atom is 0.0137 e. The van der Waals surface area contributed by atoms with Crippen LogP contribution in [-0.4, -0.2) is 9.49 Å². The van der Waals surface area contributed by atoms with Crippen LogP contribution in [0.4, 0.5) is 0 Å². The van der Waals surface area contributed by atoms with Crippen LogP contribution in [0.5, 0.6) is 0 Å². The lowest BCUT2D eigenvalue weighted by molar-refractivity contribution is 0.0391. The van der Waals surface area contributed by atoms with Gasteiger partial charge in [-0.2, -0.15) is 25.3 Å². The minimum Gasteiger partial charge on any atom is -0.172 e. The van der Waals surface area contributed by atoms with Crippen molar-refractivity contribution < 1.29 is 0 Å². The van der Waals surface area contributed by atoms with E-state index in [4.69, 9.17) is 25.3 Å². The molecule has 0 aromatic carbocycles. The predicted molar refractivity (Wildman–Crippen MR) is 99.8 cm³/mol. The zero-order valence-corrected chi connectivity index (χ0v) is 15.6. The first-order valence-corrected chi connectivity index (χ1v) is 10.8. The molecule has 0 aromatic heterocycles. The third-order valence-corrected chi connectivity index (χ3v) is 9.11. The van der Waals surface area contributed by atoms with E-state index in [1.165, 1.54) is 38.5 Å². The second-order valence-corrected chi connectivity index (χ2v) is 12.2. The molecule has 0 amide bonds. The Balaban J connectivity index is 0.000000102. The Morgan fingerprint density at radius 2 is 0.591 bits per heavy atom. The van der Waals surface area contributed by atoms with Crippen molar-refractivity contribution in [3.05, 3.63) is 0 Å². The molecule has 8 fully saturated rings. The van der Waals surface area contributed by atoms with Gasteiger partial charge in [-0.3, -0.25) is 0 Å². The van der Waals surface area contributed by atoms with Gasteiger partial charge in [0.2, 0.25) is 0 Å². The summed E-state index contributed by atoms with van der Waals surface area (Å²) >= 11 is 9.70. The Morgan fingerprint density at radius 1 is 0.409 bits per heavy atom. The lowest BCUT2D eigenvalue weighted by Gasteiger charge is -2.54. The van der Waals surface area contributed by atoms with Gasteiger partial charge in [0.1, 0.15) is 0 Å². The Bertz CT molecular complexity index is 342. The lowest BCUT2D eigenvalue weighted by atomic mass is 9.56. The van der Waals surface area contributed by atoms with E-state index in [2.05, 4.69) is 0 Å². The number of rotatable bonds is 0. The van der Waals surface area contributed by atoms with Crippen LogP contribution in [0.2, 0.25) is 0 Å². The van der Waals surface area contributed by atoms with Crippen molar-refractivity contribution in [1.82, 2.24) is 0 Å². The summed E-state index contributed by atoms with van der Waals surface area (Å²) in [6.07, 6.45) is 17.8. The minimum atomic E-state index is 0.495. The fourth-order valence-electron chi connectivity index (χ4n) is 8.13. The quantitative estimate of drug-likeness (QED) is 0.515. The van der Waals surface area contributed by atoms with Crippen LogP contribution < -0.4 is 0 Å². The van der Waals surface area contributed by atoms with Crippen LogP contribution in [0.25, 0.3) is 0 Å². The average molecular weight is 337 g/mol. The first-order chi connectivity index (χ1) is 10.5. The van der Waals surface area contributed by atoms with Crippen molar-refractivity contribution in [1.29, 1.82) is 0 Å². The van der Waals surface area contributed by atoms with E-state index in [9.17, 15) is 0 Å². The van der Waals surface area contributed by atoms with Gasteiger partial charge < -0.3 is 0 Å². The van der Waals surface area contributed by atoms with Gasteiger partial charge in [0.25, 0.3) is 0 Å². The third-order valence-electron chi connectivity index (χ3n) is 8.01. The summed E-state index contributed by atoms with van der Waals surface area (Å²) < 4.78 is 0.990. The van der Waals surface area contributed by atoms with E-state index in [0.29, 0.717) is 9.49 Å². The van der Waals surface area contributed by atoms with Gasteiger partial charge in [-0.1, -0.05) is 0 Å². The summed E-state index contributed by atoms with van der Waals surface area (Å²) in [6.45, 7) is 0. The molecule has 0 N–H and O–H groups in total. The van der Waals surface area contributed by atoms with Crippen LogP contribution in [0.1, 0.15) is 77.0 Å². The van der Waals surface area contributed by atoms with Crippen molar-refractivity contribution in [3.63, 3.8) is 0 Å². The highest BCUT2D eigenvalue weighted by Crippen LogP contribution is 2.59. The second kappa shape index (κ2) is 5.10. The molecule has 0 heterocycles. The number of hydrogen-bond acceptors (Lipinski definition) is 2. The molecule has 0 saturated heterocycles. The van der Waals surface area contributed by atoms with E-state index in [1.807, 2.05) is 0 Å². The Morgan fingerprint density at radius 3 is 0.727 bits per heavy atom. The Labute approximate surface area is 147 Å². The van der Waals surface area contributed by atoms with Crippen molar-refractivity contribution in [2.75, 3.05) is 0 Å². The first kappa shape index (κ1) is 15.0. The molecule has 0 unspecified atom stereocenters. The monoisotopic (exact) mass is 336 g/mol. The van der Waals surface area contributed by atoms with Crippen molar-refractivity contribution in [2.45, 2.75) is 86.5 Å². The lowest BCUT2D eigenvalue weighted by Crippen LogP contribution is -2.47. The molecule has 2 heteroatoms. The molecule has 8 saturated carbocycles. The standard InChI is InChI=1S/2C10H16S/c2*11-10-4-7-1-8(5-10)3-9(2-7)6-10/h2*7-9,11H,1-6H2. The molecule has 0 aromatic rings. The molecule has 0 radical (unpaired) electrons. The van der Waals surface area contributed by atoms with Crippen molar-refractivity contribution in [3.8, 4) is 0 Å². The largest absolute Gasteiger partial charge is 0.172 e. The summed E-state index contributed by atoms with van der Waals surface area (Å²) in [5, 5.41) is 0. The normalized spacial score (nSPS) is 60.3. The maximum atomic E-state index is 4.85. The van der Waals surface area contributed by atoms with Gasteiger partial charge >= 0.3 is 0 Å². The second-order valence-electron chi connectivity index (χ2n) is 10.3. The average Bonchev–Trinajstić information content (AvgIpc) is 2.32. The summed E-state index contributed by atoms with van der Waals surface area (Å²) in [5.74, 6) is 6.41. The van der Waals surface area contributed by atoms with Crippen molar-refractivity contribution >= 4 is 25.3 Å². The van der Waals surface area contributed by atoms with Gasteiger partial charge in [0.15, 0.2) is 0 Å². The molecular weight excluding hydrogens is 304 g/mol. The summed E-state index contributed by atoms with van der Waals surface area (Å²) in [7, 11) is 0. The molecular formula is C20H32S2. The molecule has 124 valence electrons. The summed E-state index contributed by atoms with van der Waals surface area (Å²) in [4.78, 5) is 0. The van der Waals surface area contributed by atoms with Gasteiger partial charge in [-0.25, -0.2) is 0 Å². The Kier molecular flexibility index (Phi) is 3.48. The smallest absolute Gasteiger partial charge is 0.0137 e. The van der Waals surface area contributed by atoms with Gasteiger partial charge in [0.05, 0.1) is 0 Å². The SMILES string of the molecule is SC12CC3CC(CC(C3)C1)C2.SC12CC3CC(CC(C3)C1)C2. The molecule has 8 rings (SSSR count). The molecule has 0 aliphatic heterocycles. The van der Waals surface area contributed by atoms with Gasteiger partial charge in [-0.15, -0.1) is 0 Å². The van der Waals surface area contributed by atoms with Crippen LogP contribution in [0, 0.1) is 35.5 Å². The van der Waals surface area contributed by atoms with Crippen molar-refractivity contribution in [2.24, 2.45) is 35.5 Å². The zero-order valence-electron chi connectivity index (χ0n) is 13.8. The topological polar surface area (TPSA) is 0 Å². The van der Waals surface area contributed by atoms with E-state index in [1.54, 1.807) is 38.5 Å². The number of hydrogen-bond donors (Lipinski definition) is 2. The molecule has 8 bridgehead atoms. The third kappa shape index (κ3) is 2.68. The van der Waals surface area contributed by atoms with Crippen LogP contribution in [0.15, 0.2) is 0 Å². The molecule has 22 heavy (non-hydrogen) atoms. The molecule has 0 spiro atoms. The highest BCUT2D eigenvalue weighted by atomic mass is 32.1. The first-order valence-electron chi connectivity index (χ1n) is 9.92. The molecule has 0 atom stereocenters. The van der Waals surface area contributed by atoms with Gasteiger partial charge in [0, 0.05) is 9.49 Å². The fourth-order valence-corrected chi connectivity index (χ4v) is 9.68. The highest BCUT2D eigenvalue weighted by Gasteiger charge is 2.49. The number of thiol groups is 2. The summed E-state index contributed by atoms with van der Waals surface area (Å²) in [5.41, 5.74) is 0. The van der Waals surface area contributed by atoms with Crippen LogP contribution in [-0.2, 0) is 0 Å². The maximum absolute atomic E-state index is 4.85. The van der Waals surface area contributed by atoms with E-state index in [-0.39, 0.29) is 0 Å². The fraction of sp³-hybridized carbons (Fsp3) is 1.00. The highest BCUT2D eigenvalue weighted by molar-refractivity contribution is 7.82. The van der Waals surface area contributed by atoms with Crippen LogP contribution >= 0.6 is 25.3 Å². The van der Waals surface area contributed by atoms with Gasteiger partial charge in [-0.05, 0) is 113 Å². The molecule has 0 nitrogen and oxygen atoms in total. The van der Waals surface area contributed by atoms with Crippen LogP contribution in [0.3, 0.4) is 0 Å². The van der Waals surface area contributed by atoms with E-state index < -0.39 is 0 Å².